The third-order valence-electron chi connectivity index (χ3n) is 3.84. The van der Waals surface area contributed by atoms with Gasteiger partial charge in [0.15, 0.2) is 5.78 Å². The van der Waals surface area contributed by atoms with E-state index in [1.165, 1.54) is 12.1 Å². The van der Waals surface area contributed by atoms with Gasteiger partial charge >= 0.3 is 0 Å². The van der Waals surface area contributed by atoms with Crippen molar-refractivity contribution in [1.82, 2.24) is 0 Å². The Hall–Kier alpha value is -3.11. The summed E-state index contributed by atoms with van der Waals surface area (Å²) in [6.45, 7) is 0. The SMILES string of the molecule is O=C(c1ccccc1)C(O)c1ccc(-c2ccccc2O)c(O)c1. The number of rotatable bonds is 4. The summed E-state index contributed by atoms with van der Waals surface area (Å²) in [5.41, 5.74) is 1.59. The van der Waals surface area contributed by atoms with E-state index in [1.807, 2.05) is 0 Å². The van der Waals surface area contributed by atoms with Gasteiger partial charge in [0.05, 0.1) is 0 Å². The molecule has 0 aliphatic heterocycles. The summed E-state index contributed by atoms with van der Waals surface area (Å²) in [7, 11) is 0. The number of aliphatic hydroxyl groups excluding tert-OH is 1. The number of benzene rings is 3. The fourth-order valence-electron chi connectivity index (χ4n) is 2.56. The highest BCUT2D eigenvalue weighted by molar-refractivity contribution is 6.00. The van der Waals surface area contributed by atoms with E-state index in [-0.39, 0.29) is 11.5 Å². The number of carbonyl (C=O) groups is 1. The van der Waals surface area contributed by atoms with Crippen LogP contribution in [0.2, 0.25) is 0 Å². The maximum Gasteiger partial charge on any atom is 0.195 e. The van der Waals surface area contributed by atoms with Crippen molar-refractivity contribution in [2.75, 3.05) is 0 Å². The van der Waals surface area contributed by atoms with Crippen molar-refractivity contribution in [3.8, 4) is 22.6 Å². The van der Waals surface area contributed by atoms with E-state index >= 15 is 0 Å². The number of hydrogen-bond acceptors (Lipinski definition) is 4. The normalized spacial score (nSPS) is 11.9. The number of phenols is 2. The zero-order valence-corrected chi connectivity index (χ0v) is 12.8. The van der Waals surface area contributed by atoms with Crippen molar-refractivity contribution < 1.29 is 20.1 Å². The van der Waals surface area contributed by atoms with E-state index in [2.05, 4.69) is 0 Å². The molecular weight excluding hydrogens is 304 g/mol. The quantitative estimate of drug-likeness (QED) is 0.641. The maximum atomic E-state index is 12.3. The van der Waals surface area contributed by atoms with Crippen LogP contribution in [0.4, 0.5) is 0 Å². The topological polar surface area (TPSA) is 77.8 Å². The number of carbonyl (C=O) groups excluding carboxylic acids is 1. The summed E-state index contributed by atoms with van der Waals surface area (Å²) in [6.07, 6.45) is -1.36. The number of aliphatic hydroxyl groups is 1. The molecule has 0 aliphatic rings. The molecule has 3 rings (SSSR count). The number of Topliss-reactive ketones (excluding diaryl/α,β-unsaturated/α-hetero) is 1. The van der Waals surface area contributed by atoms with Crippen molar-refractivity contribution in [3.63, 3.8) is 0 Å². The lowest BCUT2D eigenvalue weighted by atomic mass is 9.96. The molecule has 0 aliphatic carbocycles. The van der Waals surface area contributed by atoms with Crippen LogP contribution in [-0.4, -0.2) is 21.1 Å². The van der Waals surface area contributed by atoms with Crippen molar-refractivity contribution in [3.05, 3.63) is 83.9 Å². The van der Waals surface area contributed by atoms with Crippen LogP contribution in [0.1, 0.15) is 22.0 Å². The van der Waals surface area contributed by atoms with E-state index in [4.69, 9.17) is 0 Å². The lowest BCUT2D eigenvalue weighted by molar-refractivity contribution is 0.0747. The van der Waals surface area contributed by atoms with Gasteiger partial charge in [0, 0.05) is 16.7 Å². The van der Waals surface area contributed by atoms with Crippen molar-refractivity contribution in [1.29, 1.82) is 0 Å². The van der Waals surface area contributed by atoms with Crippen molar-refractivity contribution >= 4 is 5.78 Å². The first-order chi connectivity index (χ1) is 11.6. The zero-order chi connectivity index (χ0) is 17.1. The smallest absolute Gasteiger partial charge is 0.195 e. The second kappa shape index (κ2) is 6.56. The van der Waals surface area contributed by atoms with E-state index < -0.39 is 11.9 Å². The molecule has 0 saturated carbocycles. The minimum atomic E-state index is -1.36. The molecule has 0 heterocycles. The number of hydrogen-bond donors (Lipinski definition) is 3. The second-order valence-corrected chi connectivity index (χ2v) is 5.43. The minimum absolute atomic E-state index is 0.0430. The van der Waals surface area contributed by atoms with Gasteiger partial charge in [-0.2, -0.15) is 0 Å². The summed E-state index contributed by atoms with van der Waals surface area (Å²) >= 11 is 0. The first-order valence-electron chi connectivity index (χ1n) is 7.46. The highest BCUT2D eigenvalue weighted by Gasteiger charge is 2.20. The Morgan fingerprint density at radius 2 is 1.38 bits per heavy atom. The Bertz CT molecular complexity index is 872. The van der Waals surface area contributed by atoms with E-state index in [1.54, 1.807) is 60.7 Å². The van der Waals surface area contributed by atoms with Gasteiger partial charge in [-0.15, -0.1) is 0 Å². The average molecular weight is 320 g/mol. The van der Waals surface area contributed by atoms with Crippen LogP contribution in [0.15, 0.2) is 72.8 Å². The molecular formula is C20H16O4. The third kappa shape index (κ3) is 3.00. The Balaban J connectivity index is 1.93. The summed E-state index contributed by atoms with van der Waals surface area (Å²) in [5.74, 6) is -0.513. The monoisotopic (exact) mass is 320 g/mol. The first kappa shape index (κ1) is 15.8. The molecule has 1 unspecified atom stereocenters. The van der Waals surface area contributed by atoms with Gasteiger partial charge in [0.2, 0.25) is 0 Å². The predicted molar refractivity (Wildman–Crippen MR) is 90.9 cm³/mol. The lowest BCUT2D eigenvalue weighted by Gasteiger charge is -2.13. The number of ketones is 1. The zero-order valence-electron chi connectivity index (χ0n) is 12.8. The summed E-state index contributed by atoms with van der Waals surface area (Å²) in [5, 5.41) is 30.4. The standard InChI is InChI=1S/C20H16O4/c21-17-9-5-4-8-15(17)16-11-10-14(12-18(16)22)20(24)19(23)13-6-2-1-3-7-13/h1-12,20-22,24H. The number of aromatic hydroxyl groups is 2. The fourth-order valence-corrected chi connectivity index (χ4v) is 2.56. The average Bonchev–Trinajstić information content (AvgIpc) is 2.62. The van der Waals surface area contributed by atoms with Crippen LogP contribution in [0.25, 0.3) is 11.1 Å². The van der Waals surface area contributed by atoms with Crippen LogP contribution in [-0.2, 0) is 0 Å². The van der Waals surface area contributed by atoms with Gasteiger partial charge in [-0.05, 0) is 17.7 Å². The molecule has 0 bridgehead atoms. The number of para-hydroxylation sites is 1. The molecule has 4 nitrogen and oxygen atoms in total. The van der Waals surface area contributed by atoms with E-state index in [9.17, 15) is 20.1 Å². The maximum absolute atomic E-state index is 12.3. The molecule has 0 saturated heterocycles. The van der Waals surface area contributed by atoms with Crippen molar-refractivity contribution in [2.45, 2.75) is 6.10 Å². The highest BCUT2D eigenvalue weighted by Crippen LogP contribution is 2.36. The summed E-state index contributed by atoms with van der Waals surface area (Å²) in [4.78, 5) is 12.3. The molecule has 0 spiro atoms. The summed E-state index contributed by atoms with van der Waals surface area (Å²) in [6, 6.07) is 19.6. The van der Waals surface area contributed by atoms with Crippen LogP contribution >= 0.6 is 0 Å². The molecule has 0 radical (unpaired) electrons. The molecule has 3 aromatic carbocycles. The van der Waals surface area contributed by atoms with Gasteiger partial charge in [-0.1, -0.05) is 60.7 Å². The molecule has 1 atom stereocenters. The minimum Gasteiger partial charge on any atom is -0.507 e. The third-order valence-corrected chi connectivity index (χ3v) is 3.84. The Morgan fingerprint density at radius 3 is 2.04 bits per heavy atom. The fraction of sp³-hybridized carbons (Fsp3) is 0.0500. The molecule has 0 aromatic heterocycles. The van der Waals surface area contributed by atoms with Gasteiger partial charge < -0.3 is 15.3 Å². The molecule has 0 amide bonds. The van der Waals surface area contributed by atoms with Crippen LogP contribution in [0.3, 0.4) is 0 Å². The van der Waals surface area contributed by atoms with Crippen LogP contribution < -0.4 is 0 Å². The van der Waals surface area contributed by atoms with Crippen molar-refractivity contribution in [2.24, 2.45) is 0 Å². The van der Waals surface area contributed by atoms with Crippen LogP contribution in [0.5, 0.6) is 11.5 Å². The molecule has 4 heteroatoms. The summed E-state index contributed by atoms with van der Waals surface area (Å²) < 4.78 is 0. The Morgan fingerprint density at radius 1 is 0.750 bits per heavy atom. The predicted octanol–water partition coefficient (Wildman–Crippen LogP) is 3.68. The molecule has 3 N–H and O–H groups in total. The Labute approximate surface area is 139 Å². The second-order valence-electron chi connectivity index (χ2n) is 5.43. The van der Waals surface area contributed by atoms with E-state index in [0.29, 0.717) is 22.3 Å². The first-order valence-corrected chi connectivity index (χ1v) is 7.46. The van der Waals surface area contributed by atoms with Gasteiger partial charge in [0.1, 0.15) is 17.6 Å². The number of phenolic OH excluding ortho intramolecular Hbond substituents is 2. The lowest BCUT2D eigenvalue weighted by Crippen LogP contribution is -2.12. The Kier molecular flexibility index (Phi) is 4.31. The highest BCUT2D eigenvalue weighted by atomic mass is 16.3. The largest absolute Gasteiger partial charge is 0.507 e. The van der Waals surface area contributed by atoms with Gasteiger partial charge in [-0.25, -0.2) is 0 Å². The van der Waals surface area contributed by atoms with Gasteiger partial charge in [-0.3, -0.25) is 4.79 Å². The molecule has 3 aromatic rings. The van der Waals surface area contributed by atoms with Gasteiger partial charge in [0.25, 0.3) is 0 Å². The molecule has 24 heavy (non-hydrogen) atoms. The molecule has 0 fully saturated rings. The molecule has 120 valence electrons. The van der Waals surface area contributed by atoms with E-state index in [0.717, 1.165) is 0 Å². The van der Waals surface area contributed by atoms with Crippen LogP contribution in [0, 0.1) is 0 Å².